The Balaban J connectivity index is 1.18. The van der Waals surface area contributed by atoms with Gasteiger partial charge in [-0.25, -0.2) is 4.68 Å². The molecule has 5 aromatic rings. The minimum atomic E-state index is -0.538. The number of nitrogens with zero attached hydrogens (tertiary/aromatic N) is 4. The Bertz CT molecular complexity index is 2050. The van der Waals surface area contributed by atoms with Crippen LogP contribution in [0.15, 0.2) is 67.0 Å². The molecule has 3 heterocycles. The number of benzene rings is 3. The van der Waals surface area contributed by atoms with Gasteiger partial charge in [-0.3, -0.25) is 0 Å². The first-order valence-electron chi connectivity index (χ1n) is 16.9. The highest BCUT2D eigenvalue weighted by molar-refractivity contribution is 6.63. The lowest BCUT2D eigenvalue weighted by Gasteiger charge is -2.64. The van der Waals surface area contributed by atoms with Crippen LogP contribution in [0.3, 0.4) is 0 Å². The van der Waals surface area contributed by atoms with Crippen molar-refractivity contribution in [1.82, 2.24) is 20.0 Å². The molecule has 0 amide bonds. The molecule has 9 rings (SSSR count). The van der Waals surface area contributed by atoms with E-state index in [1.165, 1.54) is 6.42 Å². The van der Waals surface area contributed by atoms with Crippen molar-refractivity contribution in [2.24, 2.45) is 17.3 Å². The zero-order chi connectivity index (χ0) is 34.1. The van der Waals surface area contributed by atoms with Gasteiger partial charge in [-0.2, -0.15) is 10.2 Å². The van der Waals surface area contributed by atoms with Gasteiger partial charge in [0, 0.05) is 58.4 Å². The maximum Gasteiger partial charge on any atom is 0.498 e. The predicted octanol–water partition coefficient (Wildman–Crippen LogP) is 6.36. The number of ether oxygens (including phenoxy) is 3. The molecule has 1 unspecified atom stereocenters. The number of rotatable bonds is 9. The van der Waals surface area contributed by atoms with Gasteiger partial charge in [0.25, 0.3) is 0 Å². The summed E-state index contributed by atoms with van der Waals surface area (Å²) in [6.07, 6.45) is 5.99. The van der Waals surface area contributed by atoms with Gasteiger partial charge in [0.2, 0.25) is 0 Å². The summed E-state index contributed by atoms with van der Waals surface area (Å²) in [5.74, 6) is 4.00. The van der Waals surface area contributed by atoms with Crippen LogP contribution in [0.5, 0.6) is 17.2 Å². The molecule has 11 heteroatoms. The van der Waals surface area contributed by atoms with Crippen molar-refractivity contribution in [2.75, 3.05) is 26.6 Å². The topological polar surface area (TPSA) is 102 Å². The highest BCUT2D eigenvalue weighted by atomic mass is 16.7. The maximum atomic E-state index is 6.92. The van der Waals surface area contributed by atoms with Gasteiger partial charge in [0.05, 0.1) is 44.4 Å². The standard InChI is InChI=1S/C38H42BN5O5/c1-22-28-15-23(10-12-27(28)36(43-42-22)40-21-24-9-11-26(45-5)18-32(24)46-6)29-19-30(33(47-7)20-31(29)44-14-8-13-41-44)39-48-35-17-25-16-34(37(25,2)3)38(35,4)49-39/h8-15,18-20,25,34-35H,16-17,21H2,1-7H3,(H,40,43)/t25-,34-,35?,38-/m0/s1. The Morgan fingerprint density at radius 3 is 2.51 bits per heavy atom. The molecule has 4 fully saturated rings. The lowest BCUT2D eigenvalue weighted by molar-refractivity contribution is -0.199. The van der Waals surface area contributed by atoms with Crippen LogP contribution >= 0.6 is 0 Å². The highest BCUT2D eigenvalue weighted by Gasteiger charge is 2.68. The zero-order valence-electron chi connectivity index (χ0n) is 29.1. The summed E-state index contributed by atoms with van der Waals surface area (Å²) in [6, 6.07) is 18.3. The molecule has 3 aliphatic carbocycles. The fourth-order valence-electron chi connectivity index (χ4n) is 8.54. The SMILES string of the molecule is COc1ccc(CNc2nnc(C)c3cc(-c4cc(B5OC6C[C@@H]7C[C@@H](C7(C)C)[C@]6(C)O5)c(OC)cc4-n4cccn4)ccc23)c(OC)c1. The summed E-state index contributed by atoms with van der Waals surface area (Å²) >= 11 is 0. The predicted molar refractivity (Wildman–Crippen MR) is 190 cm³/mol. The second-order valence-electron chi connectivity index (χ2n) is 14.3. The maximum absolute atomic E-state index is 6.92. The third-order valence-electron chi connectivity index (χ3n) is 11.5. The van der Waals surface area contributed by atoms with E-state index in [1.54, 1.807) is 27.5 Å². The van der Waals surface area contributed by atoms with E-state index in [0.717, 1.165) is 62.2 Å². The first kappa shape index (κ1) is 31.6. The van der Waals surface area contributed by atoms with Crippen molar-refractivity contribution in [3.8, 4) is 34.1 Å². The van der Waals surface area contributed by atoms with Crippen LogP contribution in [-0.4, -0.2) is 60.1 Å². The number of aromatic nitrogens is 4. The van der Waals surface area contributed by atoms with Crippen LogP contribution in [0.1, 0.15) is 44.9 Å². The fraction of sp³-hybridized carbons (Fsp3) is 0.395. The van der Waals surface area contributed by atoms with E-state index in [0.29, 0.717) is 29.9 Å². The second kappa shape index (κ2) is 11.8. The number of hydrogen-bond donors (Lipinski definition) is 1. The molecule has 4 atom stereocenters. The van der Waals surface area contributed by atoms with Gasteiger partial charge >= 0.3 is 7.12 Å². The van der Waals surface area contributed by atoms with Crippen LogP contribution < -0.4 is 25.0 Å². The molecule has 1 N–H and O–H groups in total. The Morgan fingerprint density at radius 1 is 0.939 bits per heavy atom. The van der Waals surface area contributed by atoms with E-state index < -0.39 is 7.12 Å². The molecular weight excluding hydrogens is 617 g/mol. The lowest BCUT2D eigenvalue weighted by Crippen LogP contribution is -2.65. The van der Waals surface area contributed by atoms with Crippen molar-refractivity contribution in [3.05, 3.63) is 78.2 Å². The Hall–Kier alpha value is -4.61. The van der Waals surface area contributed by atoms with E-state index in [9.17, 15) is 0 Å². The van der Waals surface area contributed by atoms with Crippen molar-refractivity contribution in [2.45, 2.75) is 58.8 Å². The first-order valence-corrected chi connectivity index (χ1v) is 16.9. The average Bonchev–Trinajstić information content (AvgIpc) is 3.78. The van der Waals surface area contributed by atoms with E-state index in [-0.39, 0.29) is 17.1 Å². The number of aryl methyl sites for hydroxylation is 1. The Morgan fingerprint density at radius 2 is 1.78 bits per heavy atom. The second-order valence-corrected chi connectivity index (χ2v) is 14.3. The van der Waals surface area contributed by atoms with Gasteiger partial charge < -0.3 is 28.8 Å². The quantitative estimate of drug-likeness (QED) is 0.181. The molecule has 1 aliphatic heterocycles. The largest absolute Gasteiger partial charge is 0.498 e. The molecular formula is C38H42BN5O5. The minimum absolute atomic E-state index is 0.0546. The van der Waals surface area contributed by atoms with Crippen LogP contribution in [0.2, 0.25) is 0 Å². The Labute approximate surface area is 287 Å². The van der Waals surface area contributed by atoms with Gasteiger partial charge in [0.15, 0.2) is 5.82 Å². The summed E-state index contributed by atoms with van der Waals surface area (Å²) in [6.45, 7) is 9.50. The van der Waals surface area contributed by atoms with Crippen LogP contribution in [0.4, 0.5) is 5.82 Å². The molecule has 49 heavy (non-hydrogen) atoms. The lowest BCUT2D eigenvalue weighted by atomic mass is 9.43. The molecule has 2 bridgehead atoms. The molecule has 252 valence electrons. The highest BCUT2D eigenvalue weighted by Crippen LogP contribution is 2.65. The summed E-state index contributed by atoms with van der Waals surface area (Å²) in [4.78, 5) is 0. The normalized spacial score (nSPS) is 23.6. The van der Waals surface area contributed by atoms with Crippen LogP contribution in [0, 0.1) is 24.2 Å². The number of anilines is 1. The molecule has 0 spiro atoms. The van der Waals surface area contributed by atoms with Crippen LogP contribution in [0.25, 0.3) is 27.6 Å². The molecule has 0 radical (unpaired) electrons. The summed E-state index contributed by atoms with van der Waals surface area (Å²) in [5.41, 5.74) is 5.47. The Kier molecular flexibility index (Phi) is 7.60. The fourth-order valence-corrected chi connectivity index (χ4v) is 8.54. The molecule has 3 saturated carbocycles. The van der Waals surface area contributed by atoms with Crippen molar-refractivity contribution in [3.63, 3.8) is 0 Å². The van der Waals surface area contributed by atoms with Crippen molar-refractivity contribution < 1.29 is 23.5 Å². The van der Waals surface area contributed by atoms with Crippen molar-refractivity contribution in [1.29, 1.82) is 0 Å². The van der Waals surface area contributed by atoms with E-state index >= 15 is 0 Å². The molecule has 10 nitrogen and oxygen atoms in total. The average molecular weight is 660 g/mol. The number of hydrogen-bond acceptors (Lipinski definition) is 9. The number of fused-ring (bicyclic) bond motifs is 1. The van der Waals surface area contributed by atoms with Gasteiger partial charge in [-0.1, -0.05) is 19.9 Å². The molecule has 2 aromatic heterocycles. The third kappa shape index (κ3) is 5.05. The monoisotopic (exact) mass is 659 g/mol. The summed E-state index contributed by atoms with van der Waals surface area (Å²) in [7, 11) is 4.46. The number of methoxy groups -OCH3 is 3. The van der Waals surface area contributed by atoms with Crippen molar-refractivity contribution >= 4 is 29.2 Å². The summed E-state index contributed by atoms with van der Waals surface area (Å²) in [5, 5.41) is 19.1. The molecule has 1 saturated heterocycles. The van der Waals surface area contributed by atoms with Crippen LogP contribution in [-0.2, 0) is 15.9 Å². The first-order chi connectivity index (χ1) is 23.6. The molecule has 3 aromatic carbocycles. The van der Waals surface area contributed by atoms with Gasteiger partial charge in [0.1, 0.15) is 17.2 Å². The zero-order valence-corrected chi connectivity index (χ0v) is 29.1. The van der Waals surface area contributed by atoms with Gasteiger partial charge in [-0.15, -0.1) is 5.10 Å². The summed E-state index contributed by atoms with van der Waals surface area (Å²) < 4.78 is 32.5. The smallest absolute Gasteiger partial charge is 0.497 e. The van der Waals surface area contributed by atoms with E-state index in [1.807, 2.05) is 48.1 Å². The van der Waals surface area contributed by atoms with E-state index in [2.05, 4.69) is 65.6 Å². The minimum Gasteiger partial charge on any atom is -0.497 e. The third-order valence-corrected chi connectivity index (χ3v) is 11.5. The van der Waals surface area contributed by atoms with Gasteiger partial charge in [-0.05, 0) is 85.9 Å². The van der Waals surface area contributed by atoms with E-state index in [4.69, 9.17) is 23.5 Å². The number of nitrogens with one attached hydrogen (secondary N) is 1. The molecule has 4 aliphatic rings.